The highest BCUT2D eigenvalue weighted by Gasteiger charge is 2.14. The maximum atomic E-state index is 12.4. The average molecular weight is 533 g/mol. The number of nitro groups is 1. The van der Waals surface area contributed by atoms with Crippen molar-refractivity contribution >= 4 is 51.3 Å². The molecule has 3 aromatic carbocycles. The number of hydrazone groups is 1. The number of hydrogen-bond acceptors (Lipinski definition) is 7. The van der Waals surface area contributed by atoms with E-state index in [0.29, 0.717) is 20.8 Å². The van der Waals surface area contributed by atoms with Gasteiger partial charge in [-0.1, -0.05) is 27.5 Å². The lowest BCUT2D eigenvalue weighted by molar-refractivity contribution is -0.384. The Balaban J connectivity index is 1.62. The van der Waals surface area contributed by atoms with Gasteiger partial charge in [0, 0.05) is 27.2 Å². The smallest absolute Gasteiger partial charge is 0.343 e. The number of benzene rings is 3. The third-order valence-electron chi connectivity index (χ3n) is 4.06. The number of halogens is 2. The molecular weight excluding hydrogens is 518 g/mol. The van der Waals surface area contributed by atoms with E-state index in [1.54, 1.807) is 42.5 Å². The highest BCUT2D eigenvalue weighted by atomic mass is 79.9. The molecule has 3 rings (SSSR count). The molecular formula is C22H15BrClN3O6. The van der Waals surface area contributed by atoms with Crippen LogP contribution in [-0.4, -0.2) is 29.6 Å². The molecule has 0 aliphatic rings. The number of nitrogens with one attached hydrogen (secondary N) is 1. The van der Waals surface area contributed by atoms with Crippen LogP contribution in [-0.2, 0) is 4.79 Å². The summed E-state index contributed by atoms with van der Waals surface area (Å²) >= 11 is 9.12. The maximum absolute atomic E-state index is 12.4. The zero-order valence-corrected chi connectivity index (χ0v) is 19.1. The molecule has 0 unspecified atom stereocenters. The van der Waals surface area contributed by atoms with Crippen molar-refractivity contribution in [2.24, 2.45) is 5.10 Å². The predicted molar refractivity (Wildman–Crippen MR) is 125 cm³/mol. The van der Waals surface area contributed by atoms with Crippen LogP contribution in [0, 0.1) is 10.1 Å². The van der Waals surface area contributed by atoms with Crippen molar-refractivity contribution in [1.82, 2.24) is 5.43 Å². The molecule has 0 aliphatic carbocycles. The first-order chi connectivity index (χ1) is 15.8. The highest BCUT2D eigenvalue weighted by Crippen LogP contribution is 2.23. The molecule has 0 aromatic heterocycles. The first kappa shape index (κ1) is 23.9. The molecule has 33 heavy (non-hydrogen) atoms. The molecule has 1 amide bonds. The van der Waals surface area contributed by atoms with Gasteiger partial charge in [0.15, 0.2) is 6.61 Å². The van der Waals surface area contributed by atoms with Gasteiger partial charge in [0.25, 0.3) is 11.6 Å². The topological polar surface area (TPSA) is 120 Å². The first-order valence-corrected chi connectivity index (χ1v) is 10.5. The fraction of sp³-hybridized carbons (Fsp3) is 0.0455. The molecule has 9 nitrogen and oxygen atoms in total. The number of rotatable bonds is 8. The molecule has 0 aliphatic heterocycles. The maximum Gasteiger partial charge on any atom is 0.343 e. The Labute approximate surface area is 201 Å². The summed E-state index contributed by atoms with van der Waals surface area (Å²) in [6.45, 7) is -0.264. The van der Waals surface area contributed by atoms with Gasteiger partial charge in [-0.05, 0) is 54.6 Å². The molecule has 1 N–H and O–H groups in total. The number of nitro benzene ring substituents is 1. The van der Waals surface area contributed by atoms with Gasteiger partial charge in [-0.3, -0.25) is 14.9 Å². The van der Waals surface area contributed by atoms with E-state index < -0.39 is 16.8 Å². The average Bonchev–Trinajstić information content (AvgIpc) is 2.80. The number of carbonyl (C=O) groups is 2. The second-order valence-electron chi connectivity index (χ2n) is 6.41. The van der Waals surface area contributed by atoms with Gasteiger partial charge in [-0.25, -0.2) is 10.2 Å². The molecule has 0 atom stereocenters. The summed E-state index contributed by atoms with van der Waals surface area (Å²) < 4.78 is 11.4. The molecule has 0 spiro atoms. The Kier molecular flexibility index (Phi) is 8.11. The fourth-order valence-corrected chi connectivity index (χ4v) is 2.98. The molecule has 0 saturated heterocycles. The van der Waals surface area contributed by atoms with Crippen LogP contribution in [0.2, 0.25) is 5.02 Å². The highest BCUT2D eigenvalue weighted by molar-refractivity contribution is 9.10. The van der Waals surface area contributed by atoms with Crippen molar-refractivity contribution in [3.63, 3.8) is 0 Å². The van der Waals surface area contributed by atoms with Crippen molar-refractivity contribution in [1.29, 1.82) is 0 Å². The van der Waals surface area contributed by atoms with Crippen LogP contribution in [0.4, 0.5) is 5.69 Å². The summed E-state index contributed by atoms with van der Waals surface area (Å²) in [5.41, 5.74) is 2.72. The van der Waals surface area contributed by atoms with E-state index >= 15 is 0 Å². The van der Waals surface area contributed by atoms with Crippen LogP contribution in [0.15, 0.2) is 76.3 Å². The SMILES string of the molecule is O=C(COc1ccc(Cl)cc1)N/N=C/c1cc(Br)ccc1OC(=O)c1ccc([N+](=O)[O-])cc1. The Bertz CT molecular complexity index is 1200. The Hall–Kier alpha value is -3.76. The van der Waals surface area contributed by atoms with Gasteiger partial charge in [0.05, 0.1) is 16.7 Å². The fourth-order valence-electron chi connectivity index (χ4n) is 2.48. The summed E-state index contributed by atoms with van der Waals surface area (Å²) in [6, 6.07) is 16.4. The minimum absolute atomic E-state index is 0.138. The monoisotopic (exact) mass is 531 g/mol. The number of hydrogen-bond donors (Lipinski definition) is 1. The quantitative estimate of drug-likeness (QED) is 0.147. The number of esters is 1. The number of amides is 1. The van der Waals surface area contributed by atoms with Crippen molar-refractivity contribution in [2.45, 2.75) is 0 Å². The number of non-ortho nitro benzene ring substituents is 1. The molecule has 0 saturated carbocycles. The zero-order valence-electron chi connectivity index (χ0n) is 16.7. The van der Waals surface area contributed by atoms with Crippen LogP contribution in [0.3, 0.4) is 0 Å². The van der Waals surface area contributed by atoms with E-state index in [9.17, 15) is 19.7 Å². The molecule has 11 heteroatoms. The second kappa shape index (κ2) is 11.2. The van der Waals surface area contributed by atoms with Gasteiger partial charge in [0.2, 0.25) is 0 Å². The van der Waals surface area contributed by atoms with E-state index in [1.165, 1.54) is 30.5 Å². The van der Waals surface area contributed by atoms with Crippen molar-refractivity contribution in [3.05, 3.63) is 97.5 Å². The summed E-state index contributed by atoms with van der Waals surface area (Å²) in [5.74, 6) is -0.550. The predicted octanol–water partition coefficient (Wildman–Crippen LogP) is 4.76. The largest absolute Gasteiger partial charge is 0.484 e. The second-order valence-corrected chi connectivity index (χ2v) is 7.76. The van der Waals surface area contributed by atoms with Gasteiger partial charge >= 0.3 is 5.97 Å². The van der Waals surface area contributed by atoms with E-state index in [2.05, 4.69) is 26.5 Å². The van der Waals surface area contributed by atoms with Gasteiger partial charge < -0.3 is 9.47 Å². The summed E-state index contributed by atoms with van der Waals surface area (Å²) in [6.07, 6.45) is 1.31. The van der Waals surface area contributed by atoms with Crippen molar-refractivity contribution in [3.8, 4) is 11.5 Å². The minimum atomic E-state index is -0.706. The van der Waals surface area contributed by atoms with Crippen LogP contribution < -0.4 is 14.9 Å². The molecule has 168 valence electrons. The third kappa shape index (κ3) is 7.13. The molecule has 0 heterocycles. The van der Waals surface area contributed by atoms with Crippen LogP contribution in [0.5, 0.6) is 11.5 Å². The zero-order chi connectivity index (χ0) is 23.8. The third-order valence-corrected chi connectivity index (χ3v) is 4.81. The summed E-state index contributed by atoms with van der Waals surface area (Å²) in [7, 11) is 0. The van der Waals surface area contributed by atoms with Crippen molar-refractivity contribution in [2.75, 3.05) is 6.61 Å². The number of nitrogens with zero attached hydrogens (tertiary/aromatic N) is 2. The lowest BCUT2D eigenvalue weighted by Crippen LogP contribution is -2.24. The molecule has 0 radical (unpaired) electrons. The Morgan fingerprint density at radius 3 is 2.45 bits per heavy atom. The van der Waals surface area contributed by atoms with Gasteiger partial charge in [-0.15, -0.1) is 0 Å². The number of carbonyl (C=O) groups excluding carboxylic acids is 2. The van der Waals surface area contributed by atoms with E-state index in [1.807, 2.05) is 0 Å². The van der Waals surface area contributed by atoms with E-state index in [-0.39, 0.29) is 23.6 Å². The van der Waals surface area contributed by atoms with Crippen LogP contribution in [0.25, 0.3) is 0 Å². The van der Waals surface area contributed by atoms with E-state index in [4.69, 9.17) is 21.1 Å². The van der Waals surface area contributed by atoms with Gasteiger partial charge in [-0.2, -0.15) is 5.10 Å². The van der Waals surface area contributed by atoms with Crippen LogP contribution >= 0.6 is 27.5 Å². The van der Waals surface area contributed by atoms with Gasteiger partial charge in [0.1, 0.15) is 11.5 Å². The van der Waals surface area contributed by atoms with E-state index in [0.717, 1.165) is 0 Å². The molecule has 0 fully saturated rings. The van der Waals surface area contributed by atoms with Crippen molar-refractivity contribution < 1.29 is 24.0 Å². The van der Waals surface area contributed by atoms with Crippen LogP contribution in [0.1, 0.15) is 15.9 Å². The lowest BCUT2D eigenvalue weighted by Gasteiger charge is -2.08. The first-order valence-electron chi connectivity index (χ1n) is 9.28. The standard InChI is InChI=1S/C22H15BrClN3O6/c23-16-3-10-20(33-22(29)14-1-6-18(7-2-14)27(30)31)15(11-16)12-25-26-21(28)13-32-19-8-4-17(24)5-9-19/h1-12H,13H2,(H,26,28)/b25-12+. The normalized spacial score (nSPS) is 10.6. The lowest BCUT2D eigenvalue weighted by atomic mass is 10.2. The summed E-state index contributed by atoms with van der Waals surface area (Å²) in [5, 5.41) is 15.2. The Morgan fingerprint density at radius 2 is 1.79 bits per heavy atom. The molecule has 3 aromatic rings. The Morgan fingerprint density at radius 1 is 1.09 bits per heavy atom. The number of ether oxygens (including phenoxy) is 2. The summed E-state index contributed by atoms with van der Waals surface area (Å²) in [4.78, 5) is 34.5. The minimum Gasteiger partial charge on any atom is -0.484 e. The molecule has 0 bridgehead atoms.